The number of rotatable bonds is 4. The molecule has 2 saturated heterocycles. The Morgan fingerprint density at radius 2 is 1.88 bits per heavy atom. The molecule has 6 heteroatoms. The number of anilines is 1. The molecule has 3 fully saturated rings. The van der Waals surface area contributed by atoms with Gasteiger partial charge in [0, 0.05) is 36.8 Å². The Morgan fingerprint density at radius 3 is 2.66 bits per heavy atom. The molecule has 1 saturated carbocycles. The standard InChI is InChI=1S/C26H31FN4O/c1-18-12-22(27)23(14-24(18)32-21-13-19-4-7-28-25(19)29-17-21)31-10-5-26(6-11-31)15-20(16-26)30-8-2-3-9-30/h4,7,12-14,17,20H,2-3,5-6,8-11,15-16H2,1H3,(H,28,29). The highest BCUT2D eigenvalue weighted by molar-refractivity contribution is 5.76. The van der Waals surface area contributed by atoms with Crippen LogP contribution < -0.4 is 9.64 Å². The second kappa shape index (κ2) is 7.77. The lowest BCUT2D eigenvalue weighted by Crippen LogP contribution is -2.54. The first-order chi connectivity index (χ1) is 15.6. The Balaban J connectivity index is 1.15. The van der Waals surface area contributed by atoms with Gasteiger partial charge in [-0.1, -0.05) is 0 Å². The number of piperidine rings is 1. The number of fused-ring (bicyclic) bond motifs is 1. The fourth-order valence-corrected chi connectivity index (χ4v) is 6.03. The lowest BCUT2D eigenvalue weighted by molar-refractivity contribution is -0.00652. The van der Waals surface area contributed by atoms with E-state index in [0.29, 0.717) is 22.6 Å². The first kappa shape index (κ1) is 20.0. The van der Waals surface area contributed by atoms with Gasteiger partial charge < -0.3 is 19.5 Å². The van der Waals surface area contributed by atoms with Crippen LogP contribution >= 0.6 is 0 Å². The van der Waals surface area contributed by atoms with Crippen LogP contribution in [0.1, 0.15) is 44.1 Å². The van der Waals surface area contributed by atoms with Crippen molar-refractivity contribution in [1.29, 1.82) is 0 Å². The normalized spacial score (nSPS) is 21.4. The summed E-state index contributed by atoms with van der Waals surface area (Å²) in [6.45, 7) is 6.31. The summed E-state index contributed by atoms with van der Waals surface area (Å²) in [6, 6.07) is 8.20. The molecule has 3 aliphatic rings. The van der Waals surface area contributed by atoms with E-state index in [2.05, 4.69) is 19.8 Å². The number of benzene rings is 1. The van der Waals surface area contributed by atoms with Crippen LogP contribution in [0.3, 0.4) is 0 Å². The number of halogens is 1. The molecule has 0 amide bonds. The van der Waals surface area contributed by atoms with Crippen LogP contribution in [-0.2, 0) is 0 Å². The zero-order chi connectivity index (χ0) is 21.7. The molecule has 1 N–H and O–H groups in total. The van der Waals surface area contributed by atoms with Gasteiger partial charge >= 0.3 is 0 Å². The van der Waals surface area contributed by atoms with Gasteiger partial charge in [-0.3, -0.25) is 0 Å². The summed E-state index contributed by atoms with van der Waals surface area (Å²) < 4.78 is 21.1. The fraction of sp³-hybridized carbons (Fsp3) is 0.500. The Hall–Kier alpha value is -2.60. The molecule has 0 bridgehead atoms. The fourth-order valence-electron chi connectivity index (χ4n) is 6.03. The van der Waals surface area contributed by atoms with Crippen molar-refractivity contribution < 1.29 is 9.13 Å². The van der Waals surface area contributed by atoms with E-state index < -0.39 is 0 Å². The monoisotopic (exact) mass is 434 g/mol. The van der Waals surface area contributed by atoms with Gasteiger partial charge in [0.2, 0.25) is 0 Å². The van der Waals surface area contributed by atoms with Crippen LogP contribution in [0.2, 0.25) is 0 Å². The quantitative estimate of drug-likeness (QED) is 0.577. The molecule has 3 aromatic rings. The van der Waals surface area contributed by atoms with E-state index in [1.165, 1.54) is 38.8 Å². The minimum absolute atomic E-state index is 0.159. The number of nitrogens with one attached hydrogen (secondary N) is 1. The van der Waals surface area contributed by atoms with Crippen molar-refractivity contribution in [2.75, 3.05) is 31.1 Å². The third-order valence-electron chi connectivity index (χ3n) is 8.01. The average Bonchev–Trinajstić information content (AvgIpc) is 3.46. The van der Waals surface area contributed by atoms with Crippen molar-refractivity contribution in [3.8, 4) is 11.5 Å². The molecule has 2 aliphatic heterocycles. The Kier molecular flexibility index (Phi) is 4.86. The van der Waals surface area contributed by atoms with E-state index in [0.717, 1.165) is 48.6 Å². The molecule has 168 valence electrons. The summed E-state index contributed by atoms with van der Waals surface area (Å²) in [5.74, 6) is 1.20. The van der Waals surface area contributed by atoms with Gasteiger partial charge in [0.05, 0.1) is 11.9 Å². The zero-order valence-electron chi connectivity index (χ0n) is 18.7. The molecular weight excluding hydrogens is 403 g/mol. The molecule has 32 heavy (non-hydrogen) atoms. The lowest BCUT2D eigenvalue weighted by Gasteiger charge is -2.55. The summed E-state index contributed by atoms with van der Waals surface area (Å²) in [5, 5.41) is 0.997. The second-order valence-electron chi connectivity index (χ2n) is 10.0. The number of ether oxygens (including phenoxy) is 1. The van der Waals surface area contributed by atoms with E-state index in [1.54, 1.807) is 12.3 Å². The maximum Gasteiger partial charge on any atom is 0.147 e. The SMILES string of the molecule is Cc1cc(F)c(N2CCC3(CC2)CC(N2CCCC2)C3)cc1Oc1cnc2[nH]ccc2c1. The van der Waals surface area contributed by atoms with Crippen molar-refractivity contribution in [1.82, 2.24) is 14.9 Å². The van der Waals surface area contributed by atoms with Crippen LogP contribution in [-0.4, -0.2) is 47.1 Å². The van der Waals surface area contributed by atoms with Crippen molar-refractivity contribution >= 4 is 16.7 Å². The highest BCUT2D eigenvalue weighted by atomic mass is 19.1. The van der Waals surface area contributed by atoms with Gasteiger partial charge in [-0.2, -0.15) is 0 Å². The molecule has 6 rings (SSSR count). The smallest absolute Gasteiger partial charge is 0.147 e. The molecule has 1 aromatic carbocycles. The number of H-pyrrole nitrogens is 1. The van der Waals surface area contributed by atoms with Gasteiger partial charge in [-0.15, -0.1) is 0 Å². The Bertz CT molecular complexity index is 1120. The van der Waals surface area contributed by atoms with Crippen LogP contribution in [0.25, 0.3) is 11.0 Å². The van der Waals surface area contributed by atoms with Crippen molar-refractivity contribution in [2.45, 2.75) is 51.5 Å². The third kappa shape index (κ3) is 3.54. The number of nitrogens with zero attached hydrogens (tertiary/aromatic N) is 3. The zero-order valence-corrected chi connectivity index (χ0v) is 18.7. The van der Waals surface area contributed by atoms with Crippen LogP contribution in [0.5, 0.6) is 11.5 Å². The average molecular weight is 435 g/mol. The van der Waals surface area contributed by atoms with Crippen LogP contribution in [0.15, 0.2) is 36.7 Å². The maximum absolute atomic E-state index is 15.0. The maximum atomic E-state index is 15.0. The molecule has 0 atom stereocenters. The summed E-state index contributed by atoms with van der Waals surface area (Å²) in [6.07, 6.45) is 11.3. The predicted octanol–water partition coefficient (Wildman–Crippen LogP) is 5.65. The largest absolute Gasteiger partial charge is 0.455 e. The van der Waals surface area contributed by atoms with E-state index >= 15 is 0 Å². The Labute approximate surface area is 188 Å². The number of hydrogen-bond donors (Lipinski definition) is 1. The molecule has 0 unspecified atom stereocenters. The van der Waals surface area contributed by atoms with E-state index in [1.807, 2.05) is 31.3 Å². The third-order valence-corrected chi connectivity index (χ3v) is 8.01. The van der Waals surface area contributed by atoms with Gasteiger partial charge in [0.25, 0.3) is 0 Å². The number of aryl methyl sites for hydroxylation is 1. The van der Waals surface area contributed by atoms with E-state index in [9.17, 15) is 4.39 Å². The molecule has 4 heterocycles. The first-order valence-corrected chi connectivity index (χ1v) is 12.0. The Morgan fingerprint density at radius 1 is 1.09 bits per heavy atom. The first-order valence-electron chi connectivity index (χ1n) is 12.0. The van der Waals surface area contributed by atoms with E-state index in [4.69, 9.17) is 4.74 Å². The minimum Gasteiger partial charge on any atom is -0.455 e. The number of aromatic amines is 1. The molecule has 1 spiro atoms. The van der Waals surface area contributed by atoms with Crippen LogP contribution in [0, 0.1) is 18.2 Å². The summed E-state index contributed by atoms with van der Waals surface area (Å²) in [4.78, 5) is 12.4. The topological polar surface area (TPSA) is 44.4 Å². The highest BCUT2D eigenvalue weighted by Gasteiger charge is 2.48. The highest BCUT2D eigenvalue weighted by Crippen LogP contribution is 2.52. The van der Waals surface area contributed by atoms with Gasteiger partial charge in [-0.25, -0.2) is 9.37 Å². The predicted molar refractivity (Wildman–Crippen MR) is 125 cm³/mol. The number of pyridine rings is 1. The van der Waals surface area contributed by atoms with Gasteiger partial charge in [0.15, 0.2) is 0 Å². The molecule has 1 aliphatic carbocycles. The van der Waals surface area contributed by atoms with E-state index in [-0.39, 0.29) is 5.82 Å². The van der Waals surface area contributed by atoms with Crippen molar-refractivity contribution in [3.05, 3.63) is 48.0 Å². The van der Waals surface area contributed by atoms with Gasteiger partial charge in [-0.05, 0) is 87.7 Å². The van der Waals surface area contributed by atoms with Crippen molar-refractivity contribution in [3.63, 3.8) is 0 Å². The summed E-state index contributed by atoms with van der Waals surface area (Å²) in [5.41, 5.74) is 2.77. The molecule has 5 nitrogen and oxygen atoms in total. The molecule has 2 aromatic heterocycles. The number of aromatic nitrogens is 2. The summed E-state index contributed by atoms with van der Waals surface area (Å²) in [7, 11) is 0. The number of likely N-dealkylation sites (tertiary alicyclic amines) is 1. The van der Waals surface area contributed by atoms with Crippen LogP contribution in [0.4, 0.5) is 10.1 Å². The number of hydrogen-bond acceptors (Lipinski definition) is 4. The second-order valence-corrected chi connectivity index (χ2v) is 10.0. The summed E-state index contributed by atoms with van der Waals surface area (Å²) >= 11 is 0. The van der Waals surface area contributed by atoms with Crippen molar-refractivity contribution in [2.24, 2.45) is 5.41 Å². The van der Waals surface area contributed by atoms with Gasteiger partial charge in [0.1, 0.15) is 23.0 Å². The lowest BCUT2D eigenvalue weighted by atomic mass is 9.60. The minimum atomic E-state index is -0.159. The molecule has 0 radical (unpaired) electrons. The molecular formula is C26H31FN4O.